The number of nitrogens with one attached hydrogen (secondary N) is 1. The lowest BCUT2D eigenvalue weighted by atomic mass is 10.1. The van der Waals surface area contributed by atoms with Gasteiger partial charge in [0, 0.05) is 31.2 Å². The van der Waals surface area contributed by atoms with Gasteiger partial charge in [-0.15, -0.1) is 0 Å². The number of hydrogen-bond acceptors (Lipinski definition) is 3. The van der Waals surface area contributed by atoms with E-state index in [2.05, 4.69) is 12.2 Å². The van der Waals surface area contributed by atoms with Crippen molar-refractivity contribution in [2.45, 2.75) is 38.6 Å². The third-order valence-electron chi connectivity index (χ3n) is 2.91. The third kappa shape index (κ3) is 3.63. The third-order valence-corrected chi connectivity index (χ3v) is 2.91. The monoisotopic (exact) mass is 187 g/mol. The molecule has 0 aromatic heterocycles. The smallest absolute Gasteiger partial charge is 0.0499 e. The standard InChI is InChI=1S/C10H21NO2/c1-9(3-2-6-12)11-7-10(8-13)4-5-10/h9,11-13H,2-8H2,1H3. The molecule has 1 atom stereocenters. The Labute approximate surface area is 80.2 Å². The maximum atomic E-state index is 9.07. The average molecular weight is 187 g/mol. The molecule has 0 aromatic rings. The Bertz CT molecular complexity index is 146. The highest BCUT2D eigenvalue weighted by Crippen LogP contribution is 2.44. The van der Waals surface area contributed by atoms with Crippen LogP contribution in [0.3, 0.4) is 0 Å². The van der Waals surface area contributed by atoms with Crippen molar-refractivity contribution in [1.29, 1.82) is 0 Å². The molecule has 3 nitrogen and oxygen atoms in total. The summed E-state index contributed by atoms with van der Waals surface area (Å²) in [7, 11) is 0. The lowest BCUT2D eigenvalue weighted by Crippen LogP contribution is -2.33. The van der Waals surface area contributed by atoms with Gasteiger partial charge in [-0.05, 0) is 32.6 Å². The summed E-state index contributed by atoms with van der Waals surface area (Å²) in [5.41, 5.74) is 0.202. The summed E-state index contributed by atoms with van der Waals surface area (Å²) in [6, 6.07) is 0.455. The predicted octanol–water partition coefficient (Wildman–Crippen LogP) is 0.509. The Balaban J connectivity index is 2.04. The molecule has 1 saturated carbocycles. The molecule has 13 heavy (non-hydrogen) atoms. The number of aliphatic hydroxyl groups excluding tert-OH is 2. The highest BCUT2D eigenvalue weighted by atomic mass is 16.3. The molecule has 0 aliphatic heterocycles. The zero-order valence-corrected chi connectivity index (χ0v) is 8.42. The fourth-order valence-electron chi connectivity index (χ4n) is 1.46. The predicted molar refractivity (Wildman–Crippen MR) is 52.5 cm³/mol. The van der Waals surface area contributed by atoms with Gasteiger partial charge in [0.25, 0.3) is 0 Å². The molecule has 1 rings (SSSR count). The van der Waals surface area contributed by atoms with E-state index in [9.17, 15) is 0 Å². The van der Waals surface area contributed by atoms with E-state index >= 15 is 0 Å². The second kappa shape index (κ2) is 4.94. The molecule has 0 aromatic carbocycles. The van der Waals surface area contributed by atoms with Crippen LogP contribution in [-0.2, 0) is 0 Å². The molecule has 78 valence electrons. The Morgan fingerprint density at radius 3 is 2.54 bits per heavy atom. The maximum Gasteiger partial charge on any atom is 0.0499 e. The van der Waals surface area contributed by atoms with E-state index < -0.39 is 0 Å². The summed E-state index contributed by atoms with van der Waals surface area (Å²) in [4.78, 5) is 0. The number of rotatable bonds is 7. The van der Waals surface area contributed by atoms with Crippen LogP contribution >= 0.6 is 0 Å². The van der Waals surface area contributed by atoms with Gasteiger partial charge in [0.2, 0.25) is 0 Å². The minimum atomic E-state index is 0.202. The van der Waals surface area contributed by atoms with Crippen molar-refractivity contribution in [3.63, 3.8) is 0 Å². The van der Waals surface area contributed by atoms with Crippen molar-refractivity contribution >= 4 is 0 Å². The van der Waals surface area contributed by atoms with Crippen molar-refractivity contribution in [3.8, 4) is 0 Å². The molecule has 3 N–H and O–H groups in total. The average Bonchev–Trinajstić information content (AvgIpc) is 2.92. The molecule has 0 radical (unpaired) electrons. The summed E-state index contributed by atoms with van der Waals surface area (Å²) >= 11 is 0. The Morgan fingerprint density at radius 2 is 2.08 bits per heavy atom. The molecule has 1 unspecified atom stereocenters. The van der Waals surface area contributed by atoms with Gasteiger partial charge in [0.15, 0.2) is 0 Å². The Kier molecular flexibility index (Phi) is 4.16. The van der Waals surface area contributed by atoms with Crippen LogP contribution in [0.2, 0.25) is 0 Å². The first-order chi connectivity index (χ1) is 6.22. The fraction of sp³-hybridized carbons (Fsp3) is 1.00. The van der Waals surface area contributed by atoms with Gasteiger partial charge in [0.05, 0.1) is 0 Å². The van der Waals surface area contributed by atoms with E-state index in [-0.39, 0.29) is 12.0 Å². The van der Waals surface area contributed by atoms with Crippen molar-refractivity contribution in [1.82, 2.24) is 5.32 Å². The van der Waals surface area contributed by atoms with Crippen molar-refractivity contribution < 1.29 is 10.2 Å². The quantitative estimate of drug-likeness (QED) is 0.544. The Morgan fingerprint density at radius 1 is 1.38 bits per heavy atom. The molecular weight excluding hydrogens is 166 g/mol. The molecular formula is C10H21NO2. The molecule has 0 saturated heterocycles. The normalized spacial score (nSPS) is 21.5. The van der Waals surface area contributed by atoms with E-state index in [1.807, 2.05) is 0 Å². The second-order valence-corrected chi connectivity index (χ2v) is 4.31. The van der Waals surface area contributed by atoms with Gasteiger partial charge in [-0.2, -0.15) is 0 Å². The number of aliphatic hydroxyl groups is 2. The van der Waals surface area contributed by atoms with E-state index in [0.29, 0.717) is 12.6 Å². The minimum Gasteiger partial charge on any atom is -0.396 e. The zero-order valence-electron chi connectivity index (χ0n) is 8.42. The van der Waals surface area contributed by atoms with Crippen molar-refractivity contribution in [3.05, 3.63) is 0 Å². The zero-order chi connectivity index (χ0) is 9.73. The Hall–Kier alpha value is -0.120. The molecule has 0 bridgehead atoms. The molecule has 0 amide bonds. The second-order valence-electron chi connectivity index (χ2n) is 4.31. The summed E-state index contributed by atoms with van der Waals surface area (Å²) in [5.74, 6) is 0. The summed E-state index contributed by atoms with van der Waals surface area (Å²) < 4.78 is 0. The lowest BCUT2D eigenvalue weighted by Gasteiger charge is -2.17. The van der Waals surface area contributed by atoms with Crippen LogP contribution in [0.15, 0.2) is 0 Å². The van der Waals surface area contributed by atoms with E-state index in [1.54, 1.807) is 0 Å². The summed E-state index contributed by atoms with van der Waals surface area (Å²) in [6.45, 7) is 3.64. The van der Waals surface area contributed by atoms with Crippen molar-refractivity contribution in [2.75, 3.05) is 19.8 Å². The van der Waals surface area contributed by atoms with E-state index in [0.717, 1.165) is 32.2 Å². The summed E-state index contributed by atoms with van der Waals surface area (Å²) in [5, 5.41) is 21.1. The molecule has 1 fully saturated rings. The number of hydrogen-bond donors (Lipinski definition) is 3. The van der Waals surface area contributed by atoms with E-state index in [4.69, 9.17) is 10.2 Å². The first-order valence-electron chi connectivity index (χ1n) is 5.17. The molecule has 0 spiro atoms. The maximum absolute atomic E-state index is 9.07. The first-order valence-corrected chi connectivity index (χ1v) is 5.17. The van der Waals surface area contributed by atoms with Gasteiger partial charge in [-0.1, -0.05) is 0 Å². The summed E-state index contributed by atoms with van der Waals surface area (Å²) in [6.07, 6.45) is 4.19. The van der Waals surface area contributed by atoms with Crippen LogP contribution in [0.1, 0.15) is 32.6 Å². The first kappa shape index (κ1) is 11.0. The molecule has 1 aliphatic rings. The van der Waals surface area contributed by atoms with Crippen LogP contribution in [0, 0.1) is 5.41 Å². The largest absolute Gasteiger partial charge is 0.396 e. The van der Waals surface area contributed by atoms with Crippen LogP contribution < -0.4 is 5.32 Å². The highest BCUT2D eigenvalue weighted by molar-refractivity contribution is 4.94. The van der Waals surface area contributed by atoms with Gasteiger partial charge >= 0.3 is 0 Å². The SMILES string of the molecule is CC(CCCO)NCC1(CO)CC1. The molecule has 1 aliphatic carbocycles. The van der Waals surface area contributed by atoms with Gasteiger partial charge in [-0.25, -0.2) is 0 Å². The minimum absolute atomic E-state index is 0.202. The van der Waals surface area contributed by atoms with E-state index in [1.165, 1.54) is 0 Å². The van der Waals surface area contributed by atoms with Crippen LogP contribution in [0.4, 0.5) is 0 Å². The van der Waals surface area contributed by atoms with Gasteiger partial charge in [-0.3, -0.25) is 0 Å². The van der Waals surface area contributed by atoms with Crippen molar-refractivity contribution in [2.24, 2.45) is 5.41 Å². The van der Waals surface area contributed by atoms with Gasteiger partial charge in [0.1, 0.15) is 0 Å². The lowest BCUT2D eigenvalue weighted by molar-refractivity contribution is 0.202. The highest BCUT2D eigenvalue weighted by Gasteiger charge is 2.41. The molecule has 3 heteroatoms. The molecule has 0 heterocycles. The topological polar surface area (TPSA) is 52.5 Å². The van der Waals surface area contributed by atoms with Crippen LogP contribution in [-0.4, -0.2) is 36.0 Å². The van der Waals surface area contributed by atoms with Crippen LogP contribution in [0.5, 0.6) is 0 Å². The van der Waals surface area contributed by atoms with Crippen LogP contribution in [0.25, 0.3) is 0 Å². The fourth-order valence-corrected chi connectivity index (χ4v) is 1.46. The van der Waals surface area contributed by atoms with Gasteiger partial charge < -0.3 is 15.5 Å².